The predicted octanol–water partition coefficient (Wildman–Crippen LogP) is 0.509. The van der Waals surface area contributed by atoms with E-state index in [0.29, 0.717) is 6.54 Å². The predicted molar refractivity (Wildman–Crippen MR) is 60.9 cm³/mol. The normalized spacial score (nSPS) is 29.0. The van der Waals surface area contributed by atoms with E-state index in [2.05, 4.69) is 12.2 Å². The number of ether oxygens (including phenoxy) is 2. The van der Waals surface area contributed by atoms with Gasteiger partial charge in [0.2, 0.25) is 0 Å². The van der Waals surface area contributed by atoms with Crippen LogP contribution in [0.3, 0.4) is 0 Å². The van der Waals surface area contributed by atoms with Gasteiger partial charge in [0.25, 0.3) is 0 Å². The minimum Gasteiger partial charge on any atom is -0.380 e. The van der Waals surface area contributed by atoms with E-state index in [4.69, 9.17) is 15.2 Å². The molecule has 2 unspecified atom stereocenters. The molecular weight excluding hydrogens is 192 g/mol. The quantitative estimate of drug-likeness (QED) is 0.679. The van der Waals surface area contributed by atoms with Gasteiger partial charge in [-0.25, -0.2) is 0 Å². The summed E-state index contributed by atoms with van der Waals surface area (Å²) in [6, 6.07) is 0. The third-order valence-electron chi connectivity index (χ3n) is 3.05. The molecule has 1 saturated heterocycles. The molecule has 0 saturated carbocycles. The number of nitrogens with one attached hydrogen (secondary N) is 1. The Labute approximate surface area is 92.5 Å². The number of hydrogen-bond acceptors (Lipinski definition) is 4. The van der Waals surface area contributed by atoms with E-state index in [1.165, 1.54) is 6.42 Å². The monoisotopic (exact) mass is 216 g/mol. The van der Waals surface area contributed by atoms with Crippen molar-refractivity contribution in [2.75, 3.05) is 33.4 Å². The highest BCUT2D eigenvalue weighted by Crippen LogP contribution is 2.18. The van der Waals surface area contributed by atoms with Crippen LogP contribution in [-0.4, -0.2) is 45.1 Å². The summed E-state index contributed by atoms with van der Waals surface area (Å²) in [6.45, 7) is 5.46. The first-order valence-electron chi connectivity index (χ1n) is 5.76. The van der Waals surface area contributed by atoms with Gasteiger partial charge in [-0.05, 0) is 32.7 Å². The Morgan fingerprint density at radius 2 is 2.40 bits per heavy atom. The zero-order valence-corrected chi connectivity index (χ0v) is 9.92. The summed E-state index contributed by atoms with van der Waals surface area (Å²) < 4.78 is 10.7. The van der Waals surface area contributed by atoms with Crippen molar-refractivity contribution >= 4 is 0 Å². The standard InChI is InChI=1S/C11H24N2O2/c1-11(5-3-7-15-9-11)13-6-4-10(8-12)14-2/h10,13H,3-9,12H2,1-2H3. The van der Waals surface area contributed by atoms with Crippen LogP contribution in [0.25, 0.3) is 0 Å². The lowest BCUT2D eigenvalue weighted by molar-refractivity contribution is 0.0255. The zero-order chi connectivity index (χ0) is 11.1. The SMILES string of the molecule is COC(CN)CCNC1(C)CCCOC1. The van der Waals surface area contributed by atoms with Gasteiger partial charge in [-0.15, -0.1) is 0 Å². The van der Waals surface area contributed by atoms with Crippen molar-refractivity contribution in [2.24, 2.45) is 5.73 Å². The number of nitrogens with two attached hydrogens (primary N) is 1. The third kappa shape index (κ3) is 4.47. The van der Waals surface area contributed by atoms with E-state index >= 15 is 0 Å². The number of methoxy groups -OCH3 is 1. The number of hydrogen-bond donors (Lipinski definition) is 2. The summed E-state index contributed by atoms with van der Waals surface area (Å²) in [4.78, 5) is 0. The average molecular weight is 216 g/mol. The Morgan fingerprint density at radius 3 is 2.93 bits per heavy atom. The highest BCUT2D eigenvalue weighted by atomic mass is 16.5. The van der Waals surface area contributed by atoms with E-state index < -0.39 is 0 Å². The smallest absolute Gasteiger partial charge is 0.0705 e. The third-order valence-corrected chi connectivity index (χ3v) is 3.05. The highest BCUT2D eigenvalue weighted by Gasteiger charge is 2.26. The fraction of sp³-hybridized carbons (Fsp3) is 1.00. The van der Waals surface area contributed by atoms with Crippen LogP contribution in [0.5, 0.6) is 0 Å². The Balaban J connectivity index is 2.17. The zero-order valence-electron chi connectivity index (χ0n) is 9.92. The van der Waals surface area contributed by atoms with Gasteiger partial charge in [0.15, 0.2) is 0 Å². The van der Waals surface area contributed by atoms with Gasteiger partial charge in [0, 0.05) is 25.8 Å². The van der Waals surface area contributed by atoms with Gasteiger partial charge in [-0.1, -0.05) is 0 Å². The molecule has 0 aliphatic carbocycles. The van der Waals surface area contributed by atoms with E-state index in [-0.39, 0.29) is 11.6 Å². The van der Waals surface area contributed by atoms with Crippen LogP contribution < -0.4 is 11.1 Å². The van der Waals surface area contributed by atoms with Crippen LogP contribution in [0.15, 0.2) is 0 Å². The Bertz CT molecular complexity index is 166. The summed E-state index contributed by atoms with van der Waals surface area (Å²) in [5.74, 6) is 0. The second kappa shape index (κ2) is 6.43. The van der Waals surface area contributed by atoms with Gasteiger partial charge in [-0.2, -0.15) is 0 Å². The largest absolute Gasteiger partial charge is 0.380 e. The van der Waals surface area contributed by atoms with Crippen molar-refractivity contribution in [3.8, 4) is 0 Å². The molecule has 0 spiro atoms. The summed E-state index contributed by atoms with van der Waals surface area (Å²) in [6.07, 6.45) is 3.47. The molecule has 4 heteroatoms. The van der Waals surface area contributed by atoms with E-state index in [1.807, 2.05) is 0 Å². The second-order valence-corrected chi connectivity index (χ2v) is 4.53. The first-order chi connectivity index (χ1) is 7.20. The Morgan fingerprint density at radius 1 is 1.60 bits per heavy atom. The molecule has 90 valence electrons. The van der Waals surface area contributed by atoms with Crippen LogP contribution in [-0.2, 0) is 9.47 Å². The lowest BCUT2D eigenvalue weighted by Crippen LogP contribution is -2.49. The minimum atomic E-state index is 0.144. The molecule has 1 rings (SSSR count). The fourth-order valence-electron chi connectivity index (χ4n) is 1.94. The molecule has 0 amide bonds. The molecule has 1 aliphatic heterocycles. The van der Waals surface area contributed by atoms with Crippen molar-refractivity contribution < 1.29 is 9.47 Å². The van der Waals surface area contributed by atoms with E-state index in [0.717, 1.165) is 32.6 Å². The van der Waals surface area contributed by atoms with Gasteiger partial charge < -0.3 is 20.5 Å². The minimum absolute atomic E-state index is 0.144. The molecule has 0 aromatic rings. The van der Waals surface area contributed by atoms with Crippen molar-refractivity contribution in [2.45, 2.75) is 37.8 Å². The molecule has 4 nitrogen and oxygen atoms in total. The van der Waals surface area contributed by atoms with E-state index in [9.17, 15) is 0 Å². The maximum absolute atomic E-state index is 5.56. The lowest BCUT2D eigenvalue weighted by atomic mass is 9.95. The van der Waals surface area contributed by atoms with Gasteiger partial charge in [-0.3, -0.25) is 0 Å². The van der Waals surface area contributed by atoms with Crippen molar-refractivity contribution in [3.63, 3.8) is 0 Å². The highest BCUT2D eigenvalue weighted by molar-refractivity contribution is 4.85. The molecule has 0 aromatic carbocycles. The Kier molecular flexibility index (Phi) is 5.53. The van der Waals surface area contributed by atoms with Gasteiger partial charge in [0.1, 0.15) is 0 Å². The molecule has 1 fully saturated rings. The van der Waals surface area contributed by atoms with Crippen LogP contribution in [0.2, 0.25) is 0 Å². The van der Waals surface area contributed by atoms with Crippen LogP contribution in [0.1, 0.15) is 26.2 Å². The molecule has 0 bridgehead atoms. The van der Waals surface area contributed by atoms with E-state index in [1.54, 1.807) is 7.11 Å². The van der Waals surface area contributed by atoms with Crippen molar-refractivity contribution in [1.82, 2.24) is 5.32 Å². The first kappa shape index (κ1) is 12.9. The number of rotatable bonds is 6. The van der Waals surface area contributed by atoms with Crippen molar-refractivity contribution in [1.29, 1.82) is 0 Å². The fourth-order valence-corrected chi connectivity index (χ4v) is 1.94. The summed E-state index contributed by atoms with van der Waals surface area (Å²) in [5.41, 5.74) is 5.70. The van der Waals surface area contributed by atoms with Crippen LogP contribution in [0.4, 0.5) is 0 Å². The Hall–Kier alpha value is -0.160. The topological polar surface area (TPSA) is 56.5 Å². The van der Waals surface area contributed by atoms with Crippen LogP contribution >= 0.6 is 0 Å². The molecular formula is C11H24N2O2. The first-order valence-corrected chi connectivity index (χ1v) is 5.76. The van der Waals surface area contributed by atoms with Gasteiger partial charge >= 0.3 is 0 Å². The summed E-state index contributed by atoms with van der Waals surface area (Å²) in [5, 5.41) is 3.54. The molecule has 0 radical (unpaired) electrons. The van der Waals surface area contributed by atoms with Gasteiger partial charge in [0.05, 0.1) is 12.7 Å². The molecule has 15 heavy (non-hydrogen) atoms. The maximum Gasteiger partial charge on any atom is 0.0705 e. The van der Waals surface area contributed by atoms with Crippen LogP contribution in [0, 0.1) is 0 Å². The molecule has 1 heterocycles. The van der Waals surface area contributed by atoms with Crippen molar-refractivity contribution in [3.05, 3.63) is 0 Å². The lowest BCUT2D eigenvalue weighted by Gasteiger charge is -2.34. The molecule has 0 aromatic heterocycles. The summed E-state index contributed by atoms with van der Waals surface area (Å²) in [7, 11) is 1.71. The maximum atomic E-state index is 5.56. The molecule has 2 atom stereocenters. The molecule has 3 N–H and O–H groups in total. The second-order valence-electron chi connectivity index (χ2n) is 4.53. The average Bonchev–Trinajstić information content (AvgIpc) is 2.25. The molecule has 1 aliphatic rings. The summed E-state index contributed by atoms with van der Waals surface area (Å²) >= 11 is 0.